The van der Waals surface area contributed by atoms with Gasteiger partial charge < -0.3 is 19.4 Å². The summed E-state index contributed by atoms with van der Waals surface area (Å²) in [7, 11) is 1.51. The molecule has 0 aromatic carbocycles. The minimum absolute atomic E-state index is 0.0426. The van der Waals surface area contributed by atoms with E-state index in [4.69, 9.17) is 13.8 Å². The molecule has 10 heteroatoms. The predicted molar refractivity (Wildman–Crippen MR) is 355 cm³/mol. The van der Waals surface area contributed by atoms with Crippen LogP contribution in [0.4, 0.5) is 0 Å². The van der Waals surface area contributed by atoms with Gasteiger partial charge in [-0.3, -0.25) is 18.6 Å². The van der Waals surface area contributed by atoms with Crippen LogP contribution in [0.25, 0.3) is 0 Å². The van der Waals surface area contributed by atoms with Gasteiger partial charge in [0.15, 0.2) is 0 Å². The highest BCUT2D eigenvalue weighted by atomic mass is 31.2. The van der Waals surface area contributed by atoms with Gasteiger partial charge in [-0.05, 0) is 70.3 Å². The predicted octanol–water partition coefficient (Wildman–Crippen LogP) is 22.4. The highest BCUT2D eigenvalue weighted by Gasteiger charge is 2.30. The van der Waals surface area contributed by atoms with Crippen LogP contribution >= 0.6 is 7.82 Å². The van der Waals surface area contributed by atoms with Gasteiger partial charge in [0.05, 0.1) is 33.8 Å². The quantitative estimate of drug-likeness (QED) is 0.0205. The lowest BCUT2D eigenvalue weighted by molar-refractivity contribution is -0.870. The summed E-state index contributed by atoms with van der Waals surface area (Å²) in [6.45, 7) is 7.04. The number of amides is 1. The number of hydrogen-bond donors (Lipinski definition) is 2. The molecule has 0 aliphatic heterocycles. The van der Waals surface area contributed by atoms with Gasteiger partial charge in [0, 0.05) is 12.8 Å². The van der Waals surface area contributed by atoms with Crippen LogP contribution in [0.2, 0.25) is 0 Å². The molecule has 0 aliphatic carbocycles. The van der Waals surface area contributed by atoms with E-state index in [1.54, 1.807) is 0 Å². The maximum atomic E-state index is 13.6. The molecule has 0 bridgehead atoms. The van der Waals surface area contributed by atoms with Crippen LogP contribution in [-0.2, 0) is 27.9 Å². The minimum Gasteiger partial charge on any atom is -0.456 e. The second-order valence-corrected chi connectivity index (χ2v) is 26.9. The molecule has 0 saturated heterocycles. The summed E-state index contributed by atoms with van der Waals surface area (Å²) in [5.41, 5.74) is 0. The molecule has 0 heterocycles. The van der Waals surface area contributed by atoms with Gasteiger partial charge >= 0.3 is 13.8 Å². The highest BCUT2D eigenvalue weighted by Crippen LogP contribution is 2.43. The maximum Gasteiger partial charge on any atom is 0.472 e. The van der Waals surface area contributed by atoms with E-state index in [1.165, 1.54) is 244 Å². The van der Waals surface area contributed by atoms with Crippen molar-refractivity contribution in [3.8, 4) is 0 Å². The van der Waals surface area contributed by atoms with Crippen molar-refractivity contribution in [2.45, 2.75) is 360 Å². The van der Waals surface area contributed by atoms with Crippen molar-refractivity contribution >= 4 is 19.7 Å². The normalized spacial score (nSPS) is 13.8. The van der Waals surface area contributed by atoms with E-state index in [1.807, 2.05) is 33.3 Å². The van der Waals surface area contributed by atoms with Crippen LogP contribution in [0.15, 0.2) is 48.6 Å². The molecule has 0 aromatic rings. The van der Waals surface area contributed by atoms with Gasteiger partial charge in [-0.25, -0.2) is 4.57 Å². The molecule has 2 N–H and O–H groups in total. The van der Waals surface area contributed by atoms with Crippen molar-refractivity contribution in [2.24, 2.45) is 0 Å². The van der Waals surface area contributed by atoms with E-state index in [0.29, 0.717) is 23.9 Å². The number of allylic oxidation sites excluding steroid dienone is 7. The number of phosphoric ester groups is 1. The number of ether oxygens (including phenoxy) is 1. The molecule has 0 fully saturated rings. The summed E-state index contributed by atoms with van der Waals surface area (Å²) in [4.78, 5) is 37.9. The average Bonchev–Trinajstić information content (AvgIpc) is 3.45. The molecular formula is C72H138N2O7P+. The molecule has 0 aromatic heterocycles. The standard InChI is InChI=1S/C72H137N2O7P/c1-7-10-13-16-19-22-25-28-30-32-33-34-35-36-37-38-39-40-41-42-44-47-50-53-56-59-62-65-72(76)81-70(63-60-57-54-51-48-45-27-24-21-18-15-12-9-3)69(68-80-82(77,78)79-67-66-74(4,5)6)73-71(75)64-61-58-55-52-49-46-43-31-29-26-23-20-17-14-11-8-2/h19,22,28,30,33-34,60,63,69-70H,7-18,20-21,23-27,29,31-32,35-59,61-62,64-68H2,1-6H3,(H-,73,75,77,78)/p+1/b22-19-,30-28-,34-33-,63-60-. The van der Waals surface area contributed by atoms with Crippen molar-refractivity contribution in [3.63, 3.8) is 0 Å². The first-order chi connectivity index (χ1) is 39.9. The molecule has 0 aliphatic rings. The van der Waals surface area contributed by atoms with Crippen molar-refractivity contribution < 1.29 is 37.3 Å². The fraction of sp³-hybridized carbons (Fsp3) is 0.861. The summed E-state index contributed by atoms with van der Waals surface area (Å²) in [6.07, 6.45) is 78.3. The number of nitrogens with one attached hydrogen (secondary N) is 1. The van der Waals surface area contributed by atoms with E-state index >= 15 is 0 Å². The third-order valence-corrected chi connectivity index (χ3v) is 17.0. The zero-order valence-corrected chi connectivity index (χ0v) is 56.1. The van der Waals surface area contributed by atoms with Crippen molar-refractivity contribution in [3.05, 3.63) is 48.6 Å². The number of phosphoric acid groups is 1. The number of quaternary nitrogens is 1. The lowest BCUT2D eigenvalue weighted by atomic mass is 10.0. The number of hydrogen-bond acceptors (Lipinski definition) is 6. The van der Waals surface area contributed by atoms with E-state index in [0.717, 1.165) is 70.6 Å². The summed E-state index contributed by atoms with van der Waals surface area (Å²) in [5, 5.41) is 3.07. The Labute approximate surface area is 509 Å². The third-order valence-electron chi connectivity index (χ3n) is 16.0. The highest BCUT2D eigenvalue weighted by molar-refractivity contribution is 7.47. The molecule has 3 atom stereocenters. The van der Waals surface area contributed by atoms with E-state index < -0.39 is 20.0 Å². The molecule has 0 saturated carbocycles. The Morgan fingerprint density at radius 2 is 0.744 bits per heavy atom. The monoisotopic (exact) mass is 1170 g/mol. The van der Waals surface area contributed by atoms with Crippen LogP contribution < -0.4 is 5.32 Å². The van der Waals surface area contributed by atoms with Crippen LogP contribution in [0, 0.1) is 0 Å². The van der Waals surface area contributed by atoms with Gasteiger partial charge in [-0.1, -0.05) is 314 Å². The Bertz CT molecular complexity index is 1540. The topological polar surface area (TPSA) is 111 Å². The molecule has 0 spiro atoms. The first-order valence-corrected chi connectivity index (χ1v) is 37.0. The first-order valence-electron chi connectivity index (χ1n) is 35.5. The maximum absolute atomic E-state index is 13.6. The molecule has 482 valence electrons. The summed E-state index contributed by atoms with van der Waals surface area (Å²) in [6, 6.07) is -0.846. The SMILES string of the molecule is CCCCC/C=C\C/C=C\C/C=C\CCCCCCCCCCCCCCCCC(=O)OC(/C=C\CCCCCCCCCCCCC)C(COP(=O)(O)OCC[N+](C)(C)C)NC(=O)CCCCCCCCCCCCCCCCCC. The number of carbonyl (C=O) groups is 2. The van der Waals surface area contributed by atoms with Gasteiger partial charge in [0.1, 0.15) is 19.3 Å². The van der Waals surface area contributed by atoms with Crippen molar-refractivity contribution in [2.75, 3.05) is 40.9 Å². The Morgan fingerprint density at radius 1 is 0.427 bits per heavy atom. The Balaban J connectivity index is 5.03. The lowest BCUT2D eigenvalue weighted by Crippen LogP contribution is -2.47. The Morgan fingerprint density at radius 3 is 1.13 bits per heavy atom. The van der Waals surface area contributed by atoms with Gasteiger partial charge in [-0.15, -0.1) is 0 Å². The van der Waals surface area contributed by atoms with Gasteiger partial charge in [0.25, 0.3) is 0 Å². The minimum atomic E-state index is -4.45. The fourth-order valence-electron chi connectivity index (χ4n) is 10.5. The Hall–Kier alpha value is -2.03. The number of unbranched alkanes of at least 4 members (excludes halogenated alkanes) is 43. The van der Waals surface area contributed by atoms with E-state index in [9.17, 15) is 19.0 Å². The molecule has 1 amide bonds. The molecule has 3 unspecified atom stereocenters. The zero-order valence-electron chi connectivity index (χ0n) is 55.2. The smallest absolute Gasteiger partial charge is 0.456 e. The van der Waals surface area contributed by atoms with E-state index in [-0.39, 0.29) is 25.1 Å². The van der Waals surface area contributed by atoms with Crippen molar-refractivity contribution in [1.29, 1.82) is 0 Å². The van der Waals surface area contributed by atoms with Crippen LogP contribution in [0.5, 0.6) is 0 Å². The average molecular weight is 1170 g/mol. The molecule has 0 radical (unpaired) electrons. The zero-order chi connectivity index (χ0) is 60.0. The second kappa shape index (κ2) is 62.0. The molecule has 82 heavy (non-hydrogen) atoms. The summed E-state index contributed by atoms with van der Waals surface area (Å²) < 4.78 is 30.8. The molecule has 0 rings (SSSR count). The molecule has 9 nitrogen and oxygen atoms in total. The number of likely N-dealkylation sites (N-methyl/N-ethyl adjacent to an activating group) is 1. The van der Waals surface area contributed by atoms with Crippen molar-refractivity contribution in [1.82, 2.24) is 5.32 Å². The summed E-state index contributed by atoms with van der Waals surface area (Å²) >= 11 is 0. The third kappa shape index (κ3) is 62.5. The second-order valence-electron chi connectivity index (χ2n) is 25.4. The number of carbonyl (C=O) groups excluding carboxylic acids is 2. The molecular weight excluding hydrogens is 1040 g/mol. The van der Waals surface area contributed by atoms with E-state index in [2.05, 4.69) is 62.5 Å². The van der Waals surface area contributed by atoms with Crippen LogP contribution in [0.3, 0.4) is 0 Å². The number of rotatable bonds is 65. The first kappa shape index (κ1) is 80.0. The lowest BCUT2D eigenvalue weighted by Gasteiger charge is -2.27. The van der Waals surface area contributed by atoms with Gasteiger partial charge in [-0.2, -0.15) is 0 Å². The van der Waals surface area contributed by atoms with Crippen LogP contribution in [0.1, 0.15) is 348 Å². The fourth-order valence-corrected chi connectivity index (χ4v) is 11.3. The van der Waals surface area contributed by atoms with Crippen LogP contribution in [-0.4, -0.2) is 74.3 Å². The number of nitrogens with zero attached hydrogens (tertiary/aromatic N) is 1. The van der Waals surface area contributed by atoms with Gasteiger partial charge in [0.2, 0.25) is 5.91 Å². The largest absolute Gasteiger partial charge is 0.472 e. The Kier molecular flexibility index (Phi) is 60.5. The summed E-state index contributed by atoms with van der Waals surface area (Å²) in [5.74, 6) is -0.488. The number of esters is 1.